The van der Waals surface area contributed by atoms with E-state index in [-0.39, 0.29) is 0 Å². The lowest BCUT2D eigenvalue weighted by atomic mass is 9.80. The Balaban J connectivity index is 1.16. The van der Waals surface area contributed by atoms with Crippen molar-refractivity contribution >= 4 is 0 Å². The number of aromatic nitrogens is 1. The van der Waals surface area contributed by atoms with Crippen molar-refractivity contribution in [3.05, 3.63) is 102 Å². The van der Waals surface area contributed by atoms with E-state index >= 15 is 0 Å². The minimum absolute atomic E-state index is 0.574. The standard InChI is InChI=1S/C36H43NO2/c1-3-4-6-9-29-13-15-31(16-14-29)27-39-35-23-19-33(20-24-35)37-28(2)12-25-36(37)32-17-21-34(22-18-32)38-26-30-10-7-5-8-11-30/h5,7-8,10-12,17-25,29,31H,3-4,6,9,13-16,26-27H2,1-2H3. The van der Waals surface area contributed by atoms with Crippen LogP contribution in [0.3, 0.4) is 0 Å². The van der Waals surface area contributed by atoms with Gasteiger partial charge in [0.25, 0.3) is 0 Å². The van der Waals surface area contributed by atoms with Gasteiger partial charge in [-0.3, -0.25) is 0 Å². The van der Waals surface area contributed by atoms with Crippen LogP contribution in [0.5, 0.6) is 11.5 Å². The summed E-state index contributed by atoms with van der Waals surface area (Å²) in [6.45, 7) is 5.86. The molecule has 1 heterocycles. The Labute approximate surface area is 234 Å². The van der Waals surface area contributed by atoms with Gasteiger partial charge in [-0.1, -0.05) is 75.8 Å². The molecule has 0 bridgehead atoms. The normalized spacial score (nSPS) is 17.2. The number of benzene rings is 3. The van der Waals surface area contributed by atoms with Gasteiger partial charge in [-0.05, 0) is 103 Å². The van der Waals surface area contributed by atoms with Crippen LogP contribution in [-0.4, -0.2) is 11.2 Å². The second kappa shape index (κ2) is 13.6. The molecule has 0 spiro atoms. The highest BCUT2D eigenvalue weighted by Crippen LogP contribution is 2.33. The first kappa shape index (κ1) is 27.1. The first-order valence-electron chi connectivity index (χ1n) is 14.9. The van der Waals surface area contributed by atoms with Crippen LogP contribution in [0.15, 0.2) is 91.0 Å². The number of hydrogen-bond acceptors (Lipinski definition) is 2. The Bertz CT molecular complexity index is 1270. The third-order valence-electron chi connectivity index (χ3n) is 8.24. The molecule has 0 atom stereocenters. The van der Waals surface area contributed by atoms with E-state index in [1.807, 2.05) is 18.2 Å². The summed E-state index contributed by atoms with van der Waals surface area (Å²) >= 11 is 0. The zero-order valence-electron chi connectivity index (χ0n) is 23.6. The minimum atomic E-state index is 0.574. The van der Waals surface area contributed by atoms with Crippen molar-refractivity contribution in [2.75, 3.05) is 6.61 Å². The molecule has 1 aliphatic carbocycles. The van der Waals surface area contributed by atoms with Gasteiger partial charge in [0.15, 0.2) is 0 Å². The zero-order chi connectivity index (χ0) is 26.9. The molecule has 4 aromatic rings. The first-order chi connectivity index (χ1) is 19.2. The molecule has 0 N–H and O–H groups in total. The van der Waals surface area contributed by atoms with Crippen molar-refractivity contribution in [1.29, 1.82) is 0 Å². The van der Waals surface area contributed by atoms with Crippen LogP contribution in [0.2, 0.25) is 0 Å². The highest BCUT2D eigenvalue weighted by atomic mass is 16.5. The number of unbranched alkanes of at least 4 members (excludes halogenated alkanes) is 2. The smallest absolute Gasteiger partial charge is 0.119 e. The molecule has 1 saturated carbocycles. The van der Waals surface area contributed by atoms with E-state index < -0.39 is 0 Å². The van der Waals surface area contributed by atoms with Gasteiger partial charge in [0, 0.05) is 11.4 Å². The molecule has 0 unspecified atom stereocenters. The predicted octanol–water partition coefficient (Wildman–Crippen LogP) is 9.80. The fourth-order valence-electron chi connectivity index (χ4n) is 5.84. The van der Waals surface area contributed by atoms with Crippen molar-refractivity contribution in [3.8, 4) is 28.4 Å². The van der Waals surface area contributed by atoms with Crippen molar-refractivity contribution in [2.24, 2.45) is 11.8 Å². The monoisotopic (exact) mass is 521 g/mol. The summed E-state index contributed by atoms with van der Waals surface area (Å²) in [5.74, 6) is 3.49. The van der Waals surface area contributed by atoms with Gasteiger partial charge in [-0.15, -0.1) is 0 Å². The molecule has 1 aliphatic rings. The van der Waals surface area contributed by atoms with Gasteiger partial charge in [-0.25, -0.2) is 0 Å². The number of ether oxygens (including phenoxy) is 2. The maximum atomic E-state index is 6.24. The SMILES string of the molecule is CCCCCC1CCC(COc2ccc(-n3c(C)ccc3-c3ccc(OCc4ccccc4)cc3)cc2)CC1. The van der Waals surface area contributed by atoms with Crippen LogP contribution < -0.4 is 9.47 Å². The molecular weight excluding hydrogens is 478 g/mol. The topological polar surface area (TPSA) is 23.4 Å². The zero-order valence-corrected chi connectivity index (χ0v) is 23.6. The van der Waals surface area contributed by atoms with Crippen LogP contribution >= 0.6 is 0 Å². The van der Waals surface area contributed by atoms with E-state index in [0.29, 0.717) is 12.5 Å². The molecule has 204 valence electrons. The van der Waals surface area contributed by atoms with Gasteiger partial charge in [-0.2, -0.15) is 0 Å². The Morgan fingerprint density at radius 2 is 1.36 bits per heavy atom. The Morgan fingerprint density at radius 3 is 2.08 bits per heavy atom. The van der Waals surface area contributed by atoms with E-state index in [4.69, 9.17) is 9.47 Å². The maximum Gasteiger partial charge on any atom is 0.119 e. The van der Waals surface area contributed by atoms with Gasteiger partial charge in [0.05, 0.1) is 12.3 Å². The lowest BCUT2D eigenvalue weighted by Gasteiger charge is -2.28. The Hall–Kier alpha value is -3.46. The second-order valence-electron chi connectivity index (χ2n) is 11.2. The van der Waals surface area contributed by atoms with Gasteiger partial charge >= 0.3 is 0 Å². The van der Waals surface area contributed by atoms with Gasteiger partial charge in [0.1, 0.15) is 18.1 Å². The molecule has 5 rings (SSSR count). The van der Waals surface area contributed by atoms with E-state index in [9.17, 15) is 0 Å². The molecule has 0 amide bonds. The van der Waals surface area contributed by atoms with Crippen LogP contribution in [0.1, 0.15) is 69.5 Å². The number of aryl methyl sites for hydroxylation is 1. The van der Waals surface area contributed by atoms with Crippen molar-refractivity contribution in [3.63, 3.8) is 0 Å². The second-order valence-corrected chi connectivity index (χ2v) is 11.2. The molecule has 0 aliphatic heterocycles. The average molecular weight is 522 g/mol. The van der Waals surface area contributed by atoms with Crippen LogP contribution in [-0.2, 0) is 6.61 Å². The summed E-state index contributed by atoms with van der Waals surface area (Å²) in [6, 6.07) is 31.6. The molecule has 3 nitrogen and oxygen atoms in total. The predicted molar refractivity (Wildman–Crippen MR) is 162 cm³/mol. The third-order valence-corrected chi connectivity index (χ3v) is 8.24. The summed E-state index contributed by atoms with van der Waals surface area (Å²) in [7, 11) is 0. The molecule has 1 fully saturated rings. The maximum absolute atomic E-state index is 6.24. The Kier molecular flexibility index (Phi) is 9.43. The molecule has 0 radical (unpaired) electrons. The van der Waals surface area contributed by atoms with Crippen LogP contribution in [0.4, 0.5) is 0 Å². The highest BCUT2D eigenvalue weighted by molar-refractivity contribution is 5.65. The summed E-state index contributed by atoms with van der Waals surface area (Å²) in [5, 5.41) is 0. The molecule has 39 heavy (non-hydrogen) atoms. The molecular formula is C36H43NO2. The number of rotatable bonds is 12. The number of nitrogens with zero attached hydrogens (tertiary/aromatic N) is 1. The highest BCUT2D eigenvalue weighted by Gasteiger charge is 2.21. The summed E-state index contributed by atoms with van der Waals surface area (Å²) in [6.07, 6.45) is 10.9. The lowest BCUT2D eigenvalue weighted by Crippen LogP contribution is -2.20. The first-order valence-corrected chi connectivity index (χ1v) is 14.9. The summed E-state index contributed by atoms with van der Waals surface area (Å²) < 4.78 is 14.5. The molecule has 3 heteroatoms. The van der Waals surface area contributed by atoms with E-state index in [2.05, 4.69) is 91.2 Å². The lowest BCUT2D eigenvalue weighted by molar-refractivity contribution is 0.177. The van der Waals surface area contributed by atoms with Gasteiger partial charge < -0.3 is 14.0 Å². The van der Waals surface area contributed by atoms with Crippen molar-refractivity contribution in [2.45, 2.75) is 71.8 Å². The summed E-state index contributed by atoms with van der Waals surface area (Å²) in [4.78, 5) is 0. The van der Waals surface area contributed by atoms with Crippen molar-refractivity contribution < 1.29 is 9.47 Å². The largest absolute Gasteiger partial charge is 0.493 e. The molecule has 3 aromatic carbocycles. The minimum Gasteiger partial charge on any atom is -0.493 e. The van der Waals surface area contributed by atoms with Crippen LogP contribution in [0, 0.1) is 18.8 Å². The molecule has 0 saturated heterocycles. The number of hydrogen-bond donors (Lipinski definition) is 0. The van der Waals surface area contributed by atoms with Crippen LogP contribution in [0.25, 0.3) is 16.9 Å². The van der Waals surface area contributed by atoms with E-state index in [1.54, 1.807) is 0 Å². The van der Waals surface area contributed by atoms with Gasteiger partial charge in [0.2, 0.25) is 0 Å². The fraction of sp³-hybridized carbons (Fsp3) is 0.389. The average Bonchev–Trinajstić information content (AvgIpc) is 3.38. The van der Waals surface area contributed by atoms with E-state index in [0.717, 1.165) is 29.7 Å². The molecule has 1 aromatic heterocycles. The Morgan fingerprint density at radius 1 is 0.692 bits per heavy atom. The fourth-order valence-corrected chi connectivity index (χ4v) is 5.84. The van der Waals surface area contributed by atoms with Crippen molar-refractivity contribution in [1.82, 2.24) is 4.57 Å². The van der Waals surface area contributed by atoms with E-state index in [1.165, 1.54) is 73.9 Å². The third kappa shape index (κ3) is 7.35. The summed E-state index contributed by atoms with van der Waals surface area (Å²) in [5.41, 5.74) is 5.87. The quantitative estimate of drug-likeness (QED) is 0.173.